The van der Waals surface area contributed by atoms with Crippen molar-refractivity contribution in [3.63, 3.8) is 0 Å². The third-order valence-corrected chi connectivity index (χ3v) is 4.39. The Morgan fingerprint density at radius 3 is 1.96 bits per heavy atom. The second-order valence-electron chi connectivity index (χ2n) is 5.87. The van der Waals surface area contributed by atoms with Crippen molar-refractivity contribution in [1.82, 2.24) is 14.7 Å². The average molecular weight is 337 g/mol. The standard InChI is InChI=1S/C12H13N3O2.C3H10O2Si/c16-9-7-8(13-1-2-13)12(17)11(15-5-6-15)10(9)14-3-4-14;1-4-2-3-5-6/h7H,1-6H2;2-3H2,1,6H3. The van der Waals surface area contributed by atoms with E-state index in [1.807, 2.05) is 14.7 Å². The van der Waals surface area contributed by atoms with Crippen molar-refractivity contribution in [2.24, 2.45) is 0 Å². The number of ketones is 2. The molecular formula is C15H23N3O4Si. The third kappa shape index (κ3) is 3.82. The summed E-state index contributed by atoms with van der Waals surface area (Å²) in [5.41, 5.74) is 1.89. The molecule has 3 fully saturated rings. The van der Waals surface area contributed by atoms with E-state index in [0.717, 1.165) is 63.0 Å². The molecule has 4 rings (SSSR count). The highest BCUT2D eigenvalue weighted by molar-refractivity contribution is 6.22. The van der Waals surface area contributed by atoms with Gasteiger partial charge in [0, 0.05) is 52.5 Å². The average Bonchev–Trinajstić information content (AvgIpc) is 3.41. The van der Waals surface area contributed by atoms with Crippen LogP contribution in [0.5, 0.6) is 0 Å². The van der Waals surface area contributed by atoms with E-state index in [1.165, 1.54) is 6.08 Å². The minimum absolute atomic E-state index is 0.00546. The molecule has 0 aromatic heterocycles. The monoisotopic (exact) mass is 337 g/mol. The van der Waals surface area contributed by atoms with Crippen LogP contribution in [-0.2, 0) is 18.8 Å². The molecule has 23 heavy (non-hydrogen) atoms. The second kappa shape index (κ2) is 6.86. The van der Waals surface area contributed by atoms with Crippen LogP contribution >= 0.6 is 0 Å². The number of nitrogens with zero attached hydrogens (tertiary/aromatic N) is 3. The van der Waals surface area contributed by atoms with Crippen LogP contribution in [0.15, 0.2) is 23.2 Å². The van der Waals surface area contributed by atoms with Gasteiger partial charge >= 0.3 is 0 Å². The SMILES string of the molecule is COCCO[SiH3].O=C1C=C(N2CC2)C(=O)C(N2CC2)=C1N1CC1. The van der Waals surface area contributed by atoms with Crippen LogP contribution in [0.25, 0.3) is 0 Å². The lowest BCUT2D eigenvalue weighted by atomic mass is 10.0. The molecule has 4 aliphatic rings. The van der Waals surface area contributed by atoms with Gasteiger partial charge in [-0.05, 0) is 0 Å². The van der Waals surface area contributed by atoms with E-state index in [2.05, 4.69) is 4.74 Å². The highest BCUT2D eigenvalue weighted by atomic mass is 28.2. The molecule has 0 spiro atoms. The van der Waals surface area contributed by atoms with E-state index in [-0.39, 0.29) is 11.6 Å². The van der Waals surface area contributed by atoms with Crippen molar-refractivity contribution in [3.8, 4) is 0 Å². The Kier molecular flexibility index (Phi) is 4.84. The Hall–Kier alpha value is -1.64. The Labute approximate surface area is 139 Å². The zero-order chi connectivity index (χ0) is 16.4. The van der Waals surface area contributed by atoms with Gasteiger partial charge in [0.15, 0.2) is 0 Å². The molecular weight excluding hydrogens is 314 g/mol. The summed E-state index contributed by atoms with van der Waals surface area (Å²) < 4.78 is 9.48. The van der Waals surface area contributed by atoms with Crippen molar-refractivity contribution in [2.45, 2.75) is 0 Å². The van der Waals surface area contributed by atoms with Crippen LogP contribution in [0.3, 0.4) is 0 Å². The Morgan fingerprint density at radius 2 is 1.52 bits per heavy atom. The van der Waals surface area contributed by atoms with Crippen LogP contribution in [0.1, 0.15) is 0 Å². The summed E-state index contributed by atoms with van der Waals surface area (Å²) in [4.78, 5) is 30.5. The minimum atomic E-state index is 0.00546. The Bertz CT molecular complexity index is 559. The molecule has 0 aromatic rings. The topological polar surface area (TPSA) is 61.6 Å². The molecule has 7 nitrogen and oxygen atoms in total. The fourth-order valence-electron chi connectivity index (χ4n) is 2.44. The molecule has 0 unspecified atom stereocenters. The van der Waals surface area contributed by atoms with Crippen LogP contribution in [0.2, 0.25) is 0 Å². The third-order valence-electron chi connectivity index (χ3n) is 3.98. The summed E-state index contributed by atoms with van der Waals surface area (Å²) in [6.07, 6.45) is 1.52. The van der Waals surface area contributed by atoms with Gasteiger partial charge in [0.2, 0.25) is 11.6 Å². The number of rotatable bonds is 6. The van der Waals surface area contributed by atoms with Crippen molar-refractivity contribution in [3.05, 3.63) is 23.2 Å². The van der Waals surface area contributed by atoms with E-state index >= 15 is 0 Å². The van der Waals surface area contributed by atoms with Crippen LogP contribution in [0, 0.1) is 0 Å². The molecule has 3 aliphatic heterocycles. The smallest absolute Gasteiger partial charge is 0.227 e. The Balaban J connectivity index is 0.000000227. The zero-order valence-electron chi connectivity index (χ0n) is 13.7. The molecule has 0 atom stereocenters. The van der Waals surface area contributed by atoms with Crippen molar-refractivity contribution in [1.29, 1.82) is 0 Å². The molecule has 8 heteroatoms. The number of ether oxygens (including phenoxy) is 1. The van der Waals surface area contributed by atoms with Crippen molar-refractivity contribution >= 4 is 22.1 Å². The fraction of sp³-hybridized carbons (Fsp3) is 0.600. The number of allylic oxidation sites excluding steroid dienone is 1. The first-order valence-electron chi connectivity index (χ1n) is 7.95. The first-order valence-corrected chi connectivity index (χ1v) is 8.76. The summed E-state index contributed by atoms with van der Waals surface area (Å²) >= 11 is 0. The first kappa shape index (κ1) is 16.2. The Morgan fingerprint density at radius 1 is 0.957 bits per heavy atom. The molecule has 0 saturated carbocycles. The molecule has 126 valence electrons. The molecule has 0 aromatic carbocycles. The molecule has 0 radical (unpaired) electrons. The van der Waals surface area contributed by atoms with E-state index in [1.54, 1.807) is 7.11 Å². The zero-order valence-corrected chi connectivity index (χ0v) is 15.7. The normalized spacial score (nSPS) is 22.1. The highest BCUT2D eigenvalue weighted by Gasteiger charge is 2.43. The number of carbonyl (C=O) groups excluding carboxylic acids is 2. The molecule has 3 saturated heterocycles. The van der Waals surface area contributed by atoms with Gasteiger partial charge in [0.1, 0.15) is 21.9 Å². The van der Waals surface area contributed by atoms with Crippen LogP contribution in [0.4, 0.5) is 0 Å². The largest absolute Gasteiger partial charge is 0.426 e. The molecule has 0 N–H and O–H groups in total. The van der Waals surface area contributed by atoms with Gasteiger partial charge in [0.05, 0.1) is 18.9 Å². The lowest BCUT2D eigenvalue weighted by molar-refractivity contribution is -0.117. The summed E-state index contributed by atoms with van der Waals surface area (Å²) in [5.74, 6) is 0.0485. The van der Waals surface area contributed by atoms with Gasteiger partial charge in [-0.3, -0.25) is 9.59 Å². The summed E-state index contributed by atoms with van der Waals surface area (Å²) in [6, 6.07) is 0. The van der Waals surface area contributed by atoms with Gasteiger partial charge < -0.3 is 23.9 Å². The maximum Gasteiger partial charge on any atom is 0.227 e. The number of Topliss-reactive ketones (excluding diaryl/α,β-unsaturated/α-hetero) is 1. The number of carbonyl (C=O) groups is 2. The van der Waals surface area contributed by atoms with Crippen molar-refractivity contribution in [2.75, 3.05) is 59.6 Å². The van der Waals surface area contributed by atoms with Gasteiger partial charge in [-0.2, -0.15) is 0 Å². The van der Waals surface area contributed by atoms with E-state index < -0.39 is 0 Å². The lowest BCUT2D eigenvalue weighted by Gasteiger charge is -2.21. The van der Waals surface area contributed by atoms with Crippen molar-refractivity contribution < 1.29 is 18.8 Å². The summed E-state index contributed by atoms with van der Waals surface area (Å²) in [5, 5.41) is 0. The number of hydrogen-bond acceptors (Lipinski definition) is 7. The summed E-state index contributed by atoms with van der Waals surface area (Å²) in [7, 11) is 2.49. The highest BCUT2D eigenvalue weighted by Crippen LogP contribution is 2.33. The first-order chi connectivity index (χ1) is 11.2. The van der Waals surface area contributed by atoms with E-state index in [9.17, 15) is 9.59 Å². The fourth-order valence-corrected chi connectivity index (χ4v) is 2.61. The molecule has 1 aliphatic carbocycles. The van der Waals surface area contributed by atoms with Gasteiger partial charge in [0.25, 0.3) is 0 Å². The predicted octanol–water partition coefficient (Wildman–Crippen LogP) is -1.89. The van der Waals surface area contributed by atoms with Gasteiger partial charge in [-0.25, -0.2) is 0 Å². The second-order valence-corrected chi connectivity index (χ2v) is 6.44. The number of methoxy groups -OCH3 is 1. The van der Waals surface area contributed by atoms with Crippen LogP contribution < -0.4 is 0 Å². The van der Waals surface area contributed by atoms with Gasteiger partial charge in [-0.1, -0.05) is 0 Å². The molecule has 0 bridgehead atoms. The van der Waals surface area contributed by atoms with Crippen LogP contribution in [-0.4, -0.2) is 96.3 Å². The molecule has 3 heterocycles. The minimum Gasteiger partial charge on any atom is -0.426 e. The quantitative estimate of drug-likeness (QED) is 0.243. The lowest BCUT2D eigenvalue weighted by Crippen LogP contribution is -2.29. The molecule has 0 amide bonds. The number of hydrogen-bond donors (Lipinski definition) is 0. The van der Waals surface area contributed by atoms with E-state index in [4.69, 9.17) is 4.43 Å². The van der Waals surface area contributed by atoms with Gasteiger partial charge in [-0.15, -0.1) is 0 Å². The maximum atomic E-state index is 12.4. The van der Waals surface area contributed by atoms with E-state index in [0.29, 0.717) is 17.1 Å². The maximum absolute atomic E-state index is 12.4. The summed E-state index contributed by atoms with van der Waals surface area (Å²) in [6.45, 7) is 6.88. The predicted molar refractivity (Wildman–Crippen MR) is 87.6 cm³/mol.